The monoisotopic (exact) mass is 697 g/mol. The van der Waals surface area contributed by atoms with E-state index in [1.54, 1.807) is 48.9 Å². The molecule has 6 rings (SSSR count). The van der Waals surface area contributed by atoms with Gasteiger partial charge >= 0.3 is 11.9 Å². The Labute approximate surface area is 289 Å². The van der Waals surface area contributed by atoms with Crippen molar-refractivity contribution in [2.45, 2.75) is 32.7 Å². The molecule has 0 saturated carbocycles. The van der Waals surface area contributed by atoms with Gasteiger partial charge in [0.1, 0.15) is 12.4 Å². The van der Waals surface area contributed by atoms with E-state index < -0.39 is 29.7 Å². The highest BCUT2D eigenvalue weighted by molar-refractivity contribution is 6.31. The van der Waals surface area contributed by atoms with Gasteiger partial charge in [-0.2, -0.15) is 9.78 Å². The van der Waals surface area contributed by atoms with Gasteiger partial charge in [0.15, 0.2) is 17.3 Å². The lowest BCUT2D eigenvalue weighted by molar-refractivity contribution is -0.136. The number of carboxylic acids is 1. The van der Waals surface area contributed by atoms with Crippen LogP contribution in [0.4, 0.5) is 4.39 Å². The number of esters is 1. The van der Waals surface area contributed by atoms with E-state index in [-0.39, 0.29) is 52.9 Å². The number of carboxylic acid groups (broad SMARTS) is 1. The van der Waals surface area contributed by atoms with Crippen LogP contribution < -0.4 is 0 Å². The maximum atomic E-state index is 15.3. The van der Waals surface area contributed by atoms with Crippen LogP contribution in [0.1, 0.15) is 61.8 Å². The Bertz CT molecular complexity index is 2150. The van der Waals surface area contributed by atoms with Crippen molar-refractivity contribution >= 4 is 41.3 Å². The minimum Gasteiger partial charge on any atom is -0.478 e. The van der Waals surface area contributed by atoms with Gasteiger partial charge in [-0.15, -0.1) is 5.10 Å². The number of ketones is 1. The minimum absolute atomic E-state index is 0.0363. The number of aromatic nitrogens is 6. The zero-order chi connectivity index (χ0) is 35.5. The van der Waals surface area contributed by atoms with Gasteiger partial charge in [-0.1, -0.05) is 35.9 Å². The number of carbonyl (C=O) groups is 4. The van der Waals surface area contributed by atoms with E-state index in [9.17, 15) is 24.3 Å². The van der Waals surface area contributed by atoms with Crippen molar-refractivity contribution in [3.8, 4) is 11.4 Å². The molecule has 50 heavy (non-hydrogen) atoms. The highest BCUT2D eigenvalue weighted by atomic mass is 35.5. The molecule has 5 aromatic rings. The van der Waals surface area contributed by atoms with Gasteiger partial charge < -0.3 is 14.7 Å². The van der Waals surface area contributed by atoms with Crippen LogP contribution in [0.5, 0.6) is 0 Å². The number of fused-ring (bicyclic) bond motifs is 1. The first kappa shape index (κ1) is 33.9. The molecule has 1 aliphatic heterocycles. The van der Waals surface area contributed by atoms with Gasteiger partial charge in [0.05, 0.1) is 28.6 Å². The molecule has 1 amide bonds. The van der Waals surface area contributed by atoms with E-state index in [0.717, 1.165) is 5.56 Å². The predicted octanol–water partition coefficient (Wildman–Crippen LogP) is 4.77. The number of aryl methyl sites for hydroxylation is 1. The van der Waals surface area contributed by atoms with Crippen molar-refractivity contribution < 1.29 is 33.4 Å². The molecule has 1 N–H and O–H groups in total. The fraction of sp³-hybridized carbons (Fsp3) is 0.200. The third-order valence-electron chi connectivity index (χ3n) is 8.26. The van der Waals surface area contributed by atoms with Crippen LogP contribution in [0.3, 0.4) is 0 Å². The summed E-state index contributed by atoms with van der Waals surface area (Å²) in [5, 5.41) is 24.6. The lowest BCUT2D eigenvalue weighted by Gasteiger charge is -2.37. The molecule has 1 aliphatic rings. The van der Waals surface area contributed by atoms with E-state index in [2.05, 4.69) is 20.6 Å². The standard InChI is InChI=1S/C35H29ClFN7O6/c1-3-50-35(49)27-17-20(2)44(39-27)29-6-4-5-24-23(29)15-16-42(33(24)30(45)18-21-7-9-22(10-8-21)34(47)48)31(46)14-11-25-28(43-19-38-40-41-43)13-12-26(36)32(25)37/h4-14,17,19,33H,3,15-16,18H2,1-2H3,(H,47,48)/b14-11+. The SMILES string of the molecule is CCOC(=O)c1cc(C)n(-c2cccc3c2CCN(C(=O)/C=C/c2c(-n4cnnn4)ccc(Cl)c2F)C3C(=O)Cc2ccc(C(=O)O)cc2)n1. The van der Waals surface area contributed by atoms with Gasteiger partial charge in [-0.25, -0.2) is 18.7 Å². The second-order valence-corrected chi connectivity index (χ2v) is 11.8. The molecule has 1 unspecified atom stereocenters. The van der Waals surface area contributed by atoms with Crippen LogP contribution in [0.15, 0.2) is 73.1 Å². The number of aromatic carboxylic acids is 1. The first-order valence-electron chi connectivity index (χ1n) is 15.5. The Hall–Kier alpha value is -6.02. The average Bonchev–Trinajstić information content (AvgIpc) is 3.78. The fourth-order valence-corrected chi connectivity index (χ4v) is 6.12. The van der Waals surface area contributed by atoms with Gasteiger partial charge in [0, 0.05) is 30.3 Å². The zero-order valence-corrected chi connectivity index (χ0v) is 27.5. The van der Waals surface area contributed by atoms with Crippen LogP contribution in [-0.2, 0) is 27.2 Å². The first-order valence-corrected chi connectivity index (χ1v) is 15.9. The molecule has 0 radical (unpaired) electrons. The second-order valence-electron chi connectivity index (χ2n) is 11.4. The van der Waals surface area contributed by atoms with Crippen molar-refractivity contribution in [2.75, 3.05) is 13.2 Å². The third-order valence-corrected chi connectivity index (χ3v) is 8.55. The predicted molar refractivity (Wildman–Crippen MR) is 178 cm³/mol. The molecule has 0 saturated heterocycles. The van der Waals surface area contributed by atoms with Crippen molar-refractivity contribution in [1.82, 2.24) is 34.9 Å². The Morgan fingerprint density at radius 1 is 1.08 bits per heavy atom. The maximum absolute atomic E-state index is 15.3. The molecule has 0 fully saturated rings. The Morgan fingerprint density at radius 2 is 1.86 bits per heavy atom. The van der Waals surface area contributed by atoms with E-state index in [4.69, 9.17) is 16.3 Å². The highest BCUT2D eigenvalue weighted by Gasteiger charge is 2.36. The minimum atomic E-state index is -1.10. The highest BCUT2D eigenvalue weighted by Crippen LogP contribution is 2.36. The van der Waals surface area contributed by atoms with Gasteiger partial charge in [-0.3, -0.25) is 9.59 Å². The van der Waals surface area contributed by atoms with Gasteiger partial charge in [0.25, 0.3) is 0 Å². The topological polar surface area (TPSA) is 162 Å². The van der Waals surface area contributed by atoms with Crippen molar-refractivity contribution in [2.24, 2.45) is 0 Å². The summed E-state index contributed by atoms with van der Waals surface area (Å²) in [6, 6.07) is 14.7. The summed E-state index contributed by atoms with van der Waals surface area (Å²) in [5.74, 6) is -3.35. The average molecular weight is 698 g/mol. The van der Waals surface area contributed by atoms with Gasteiger partial charge in [0.2, 0.25) is 5.91 Å². The number of rotatable bonds is 10. The van der Waals surface area contributed by atoms with Crippen molar-refractivity contribution in [3.63, 3.8) is 0 Å². The maximum Gasteiger partial charge on any atom is 0.358 e. The summed E-state index contributed by atoms with van der Waals surface area (Å²) < 4.78 is 23.2. The lowest BCUT2D eigenvalue weighted by atomic mass is 9.86. The molecule has 1 atom stereocenters. The number of hydrogen-bond acceptors (Lipinski definition) is 9. The van der Waals surface area contributed by atoms with Gasteiger partial charge in [-0.05, 0) is 89.9 Å². The third kappa shape index (κ3) is 6.65. The molecule has 3 heterocycles. The number of nitrogens with zero attached hydrogens (tertiary/aromatic N) is 7. The number of benzene rings is 3. The molecular formula is C35H29ClFN7O6. The molecular weight excluding hydrogens is 669 g/mol. The summed E-state index contributed by atoms with van der Waals surface area (Å²) in [7, 11) is 0. The summed E-state index contributed by atoms with van der Waals surface area (Å²) >= 11 is 6.07. The summed E-state index contributed by atoms with van der Waals surface area (Å²) in [4.78, 5) is 53.4. The number of halogens is 2. The number of Topliss-reactive ketones (excluding diaryl/α,β-unsaturated/α-hetero) is 1. The van der Waals surface area contributed by atoms with Crippen LogP contribution in [-0.4, -0.2) is 76.8 Å². The molecule has 2 aromatic heterocycles. The van der Waals surface area contributed by atoms with E-state index in [1.165, 1.54) is 52.3 Å². The molecule has 3 aromatic carbocycles. The quantitative estimate of drug-likeness (QED) is 0.159. The molecule has 0 aliphatic carbocycles. The smallest absolute Gasteiger partial charge is 0.358 e. The van der Waals surface area contributed by atoms with Crippen molar-refractivity contribution in [3.05, 3.63) is 123 Å². The van der Waals surface area contributed by atoms with Crippen LogP contribution in [0.2, 0.25) is 5.02 Å². The zero-order valence-electron chi connectivity index (χ0n) is 26.8. The molecule has 0 spiro atoms. The second kappa shape index (κ2) is 14.2. The van der Waals surface area contributed by atoms with E-state index in [1.807, 2.05) is 6.07 Å². The lowest BCUT2D eigenvalue weighted by Crippen LogP contribution is -2.43. The number of ether oxygens (including phenoxy) is 1. The van der Waals surface area contributed by atoms with Crippen LogP contribution >= 0.6 is 11.6 Å². The fourth-order valence-electron chi connectivity index (χ4n) is 5.96. The number of hydrogen-bond donors (Lipinski definition) is 1. The Balaban J connectivity index is 1.39. The first-order chi connectivity index (χ1) is 24.1. The van der Waals surface area contributed by atoms with E-state index in [0.29, 0.717) is 28.9 Å². The molecule has 13 nitrogen and oxygen atoms in total. The number of carbonyl (C=O) groups excluding carboxylic acids is 3. The summed E-state index contributed by atoms with van der Waals surface area (Å²) in [6.45, 7) is 3.80. The molecule has 0 bridgehead atoms. The Morgan fingerprint density at radius 3 is 2.56 bits per heavy atom. The summed E-state index contributed by atoms with van der Waals surface area (Å²) in [5.41, 5.74) is 3.56. The Kier molecular flexibility index (Phi) is 9.63. The van der Waals surface area contributed by atoms with Crippen molar-refractivity contribution in [1.29, 1.82) is 0 Å². The van der Waals surface area contributed by atoms with Crippen LogP contribution in [0, 0.1) is 12.7 Å². The van der Waals surface area contributed by atoms with E-state index >= 15 is 4.39 Å². The number of tetrazole rings is 1. The summed E-state index contributed by atoms with van der Waals surface area (Å²) in [6.07, 6.45) is 3.93. The normalized spacial score (nSPS) is 14.1. The molecule has 254 valence electrons. The molecule has 15 heteroatoms. The largest absolute Gasteiger partial charge is 0.478 e. The van der Waals surface area contributed by atoms with Crippen LogP contribution in [0.25, 0.3) is 17.5 Å². The number of amides is 1.